The van der Waals surface area contributed by atoms with Gasteiger partial charge in [0, 0.05) is 18.0 Å². The number of rotatable bonds is 18. The van der Waals surface area contributed by atoms with Crippen molar-refractivity contribution < 1.29 is 12.7 Å². The molecule has 7 heteroatoms. The molecule has 2 N–H and O–H groups in total. The lowest BCUT2D eigenvalue weighted by Gasteiger charge is -2.04. The summed E-state index contributed by atoms with van der Waals surface area (Å²) in [5.41, 5.74) is 6.29. The fourth-order valence-corrected chi connectivity index (χ4v) is 4.01. The Balaban J connectivity index is 1.98. The summed E-state index contributed by atoms with van der Waals surface area (Å²) < 4.78 is 28.4. The van der Waals surface area contributed by atoms with Gasteiger partial charge in [0.15, 0.2) is 5.84 Å². The Morgan fingerprint density at radius 1 is 0.862 bits per heavy atom. The van der Waals surface area contributed by atoms with Gasteiger partial charge < -0.3 is 5.73 Å². The molecule has 0 radical (unpaired) electrons. The minimum absolute atomic E-state index is 0.0249. The SMILES string of the molecule is CCCCCCCCCCCCCCCCS(=O)(=O)ON=C(N)c1ccncc1. The van der Waals surface area contributed by atoms with Crippen molar-refractivity contribution in [2.45, 2.75) is 96.8 Å². The molecule has 1 heterocycles. The number of nitrogens with zero attached hydrogens (tertiary/aromatic N) is 2. The average molecular weight is 426 g/mol. The summed E-state index contributed by atoms with van der Waals surface area (Å²) in [6, 6.07) is 3.28. The predicted octanol–water partition coefficient (Wildman–Crippen LogP) is 5.53. The third-order valence-corrected chi connectivity index (χ3v) is 6.06. The summed E-state index contributed by atoms with van der Waals surface area (Å²) in [4.78, 5) is 3.87. The summed E-state index contributed by atoms with van der Waals surface area (Å²) in [6.45, 7) is 2.25. The van der Waals surface area contributed by atoms with E-state index in [-0.39, 0.29) is 11.6 Å². The predicted molar refractivity (Wildman–Crippen MR) is 120 cm³/mol. The summed E-state index contributed by atoms with van der Waals surface area (Å²) in [5.74, 6) is -0.00467. The third-order valence-electron chi connectivity index (χ3n) is 4.97. The maximum atomic E-state index is 11.9. The molecule has 0 aliphatic rings. The summed E-state index contributed by atoms with van der Waals surface area (Å²) in [6.07, 6.45) is 20.3. The molecule has 0 unspecified atom stereocenters. The van der Waals surface area contributed by atoms with E-state index in [1.165, 1.54) is 70.6 Å². The summed E-state index contributed by atoms with van der Waals surface area (Å²) in [5, 5.41) is 3.53. The van der Waals surface area contributed by atoms with E-state index in [9.17, 15) is 8.42 Å². The molecular formula is C22H39N3O3S. The molecule has 0 spiro atoms. The number of pyridine rings is 1. The van der Waals surface area contributed by atoms with Crippen LogP contribution in [0, 0.1) is 0 Å². The highest BCUT2D eigenvalue weighted by molar-refractivity contribution is 7.86. The first-order valence-corrected chi connectivity index (χ1v) is 12.8. The Bertz CT molecular complexity index is 649. The number of hydrogen-bond donors (Lipinski definition) is 1. The standard InChI is InChI=1S/C22H39N3O3S/c1-2-3-4-5-6-7-8-9-10-11-12-13-14-15-20-29(26,27)28-25-22(23)21-16-18-24-19-17-21/h16-19H,2-15,20H2,1H3,(H2,23,25). The van der Waals surface area contributed by atoms with Crippen LogP contribution in [0.5, 0.6) is 0 Å². The monoisotopic (exact) mass is 425 g/mol. The van der Waals surface area contributed by atoms with E-state index < -0.39 is 10.1 Å². The van der Waals surface area contributed by atoms with Crippen LogP contribution in [0.25, 0.3) is 0 Å². The van der Waals surface area contributed by atoms with Crippen molar-refractivity contribution >= 4 is 16.0 Å². The number of nitrogens with two attached hydrogens (primary N) is 1. The van der Waals surface area contributed by atoms with Gasteiger partial charge in [-0.05, 0) is 23.7 Å². The Morgan fingerprint density at radius 2 is 1.31 bits per heavy atom. The zero-order valence-corrected chi connectivity index (χ0v) is 18.8. The van der Waals surface area contributed by atoms with Gasteiger partial charge in [0.2, 0.25) is 0 Å². The molecule has 6 nitrogen and oxygen atoms in total. The molecule has 0 saturated carbocycles. The molecule has 0 aliphatic carbocycles. The van der Waals surface area contributed by atoms with Crippen LogP contribution in [0.2, 0.25) is 0 Å². The minimum atomic E-state index is -3.68. The number of unbranched alkanes of at least 4 members (excludes halogenated alkanes) is 13. The highest BCUT2D eigenvalue weighted by atomic mass is 32.2. The van der Waals surface area contributed by atoms with Crippen molar-refractivity contribution in [1.82, 2.24) is 4.98 Å². The van der Waals surface area contributed by atoms with E-state index >= 15 is 0 Å². The lowest BCUT2D eigenvalue weighted by atomic mass is 10.0. The van der Waals surface area contributed by atoms with Crippen molar-refractivity contribution in [2.75, 3.05) is 5.75 Å². The van der Waals surface area contributed by atoms with Gasteiger partial charge in [0.05, 0.1) is 5.75 Å². The molecule has 1 aromatic rings. The normalized spacial score (nSPS) is 12.2. The smallest absolute Gasteiger partial charge is 0.328 e. The number of oxime groups is 1. The number of hydrogen-bond acceptors (Lipinski definition) is 5. The molecule has 1 rings (SSSR count). The maximum absolute atomic E-state index is 11.9. The summed E-state index contributed by atoms with van der Waals surface area (Å²) in [7, 11) is -3.68. The number of aromatic nitrogens is 1. The second kappa shape index (κ2) is 16.2. The molecule has 0 saturated heterocycles. The van der Waals surface area contributed by atoms with Gasteiger partial charge in [-0.25, -0.2) is 0 Å². The van der Waals surface area contributed by atoms with E-state index in [1.807, 2.05) is 0 Å². The largest absolute Gasteiger partial charge is 0.380 e. The summed E-state index contributed by atoms with van der Waals surface area (Å²) >= 11 is 0. The minimum Gasteiger partial charge on any atom is -0.380 e. The fraction of sp³-hybridized carbons (Fsp3) is 0.727. The van der Waals surface area contributed by atoms with Gasteiger partial charge in [0.1, 0.15) is 0 Å². The van der Waals surface area contributed by atoms with E-state index in [0.29, 0.717) is 12.0 Å². The van der Waals surface area contributed by atoms with Crippen LogP contribution in [0.3, 0.4) is 0 Å². The molecule has 0 fully saturated rings. The molecule has 29 heavy (non-hydrogen) atoms. The van der Waals surface area contributed by atoms with Gasteiger partial charge in [-0.1, -0.05) is 90.4 Å². The Hall–Kier alpha value is -1.63. The first-order valence-electron chi connectivity index (χ1n) is 11.2. The Labute approximate surface area is 177 Å². The average Bonchev–Trinajstić information content (AvgIpc) is 2.73. The maximum Gasteiger partial charge on any atom is 0.328 e. The second-order valence-corrected chi connectivity index (χ2v) is 9.32. The molecule has 0 aliphatic heterocycles. The van der Waals surface area contributed by atoms with Crippen molar-refractivity contribution in [3.63, 3.8) is 0 Å². The first kappa shape index (κ1) is 25.4. The van der Waals surface area contributed by atoms with Crippen molar-refractivity contribution in [2.24, 2.45) is 10.9 Å². The van der Waals surface area contributed by atoms with Crippen LogP contribution in [0.1, 0.15) is 102 Å². The molecule has 1 aromatic heterocycles. The van der Waals surface area contributed by atoms with Crippen LogP contribution in [0.15, 0.2) is 29.7 Å². The zero-order chi connectivity index (χ0) is 21.2. The van der Waals surface area contributed by atoms with Gasteiger partial charge in [-0.3, -0.25) is 9.27 Å². The number of amidine groups is 1. The van der Waals surface area contributed by atoms with Crippen LogP contribution < -0.4 is 5.73 Å². The molecule has 0 aromatic carbocycles. The van der Waals surface area contributed by atoms with Crippen LogP contribution in [-0.2, 0) is 14.4 Å². The van der Waals surface area contributed by atoms with Crippen LogP contribution in [-0.4, -0.2) is 25.0 Å². The lowest BCUT2D eigenvalue weighted by Crippen LogP contribution is -2.16. The van der Waals surface area contributed by atoms with E-state index in [0.717, 1.165) is 12.8 Å². The highest BCUT2D eigenvalue weighted by Gasteiger charge is 2.11. The van der Waals surface area contributed by atoms with Gasteiger partial charge in [-0.2, -0.15) is 8.42 Å². The van der Waals surface area contributed by atoms with Crippen LogP contribution in [0.4, 0.5) is 0 Å². The molecule has 166 valence electrons. The topological polar surface area (TPSA) is 94.6 Å². The van der Waals surface area contributed by atoms with Crippen molar-refractivity contribution in [3.8, 4) is 0 Å². The second-order valence-electron chi connectivity index (χ2n) is 7.64. The van der Waals surface area contributed by atoms with Crippen molar-refractivity contribution in [3.05, 3.63) is 30.1 Å². The molecule has 0 bridgehead atoms. The van der Waals surface area contributed by atoms with Gasteiger partial charge in [-0.15, -0.1) is 0 Å². The van der Waals surface area contributed by atoms with Gasteiger partial charge >= 0.3 is 10.1 Å². The molecule has 0 amide bonds. The zero-order valence-electron chi connectivity index (χ0n) is 18.0. The molecule has 0 atom stereocenters. The Kier molecular flexibility index (Phi) is 14.2. The fourth-order valence-electron chi connectivity index (χ4n) is 3.18. The quantitative estimate of drug-likeness (QED) is 0.144. The first-order chi connectivity index (χ1) is 14.0. The highest BCUT2D eigenvalue weighted by Crippen LogP contribution is 2.13. The van der Waals surface area contributed by atoms with Gasteiger partial charge in [0.25, 0.3) is 0 Å². The molecular weight excluding hydrogens is 386 g/mol. The third kappa shape index (κ3) is 14.1. The van der Waals surface area contributed by atoms with Crippen molar-refractivity contribution in [1.29, 1.82) is 0 Å². The van der Waals surface area contributed by atoms with E-state index in [2.05, 4.69) is 21.3 Å². The van der Waals surface area contributed by atoms with E-state index in [1.54, 1.807) is 24.5 Å². The van der Waals surface area contributed by atoms with Crippen LogP contribution >= 0.6 is 0 Å². The lowest BCUT2D eigenvalue weighted by molar-refractivity contribution is 0.337. The Morgan fingerprint density at radius 3 is 1.79 bits per heavy atom. The van der Waals surface area contributed by atoms with E-state index in [4.69, 9.17) is 5.73 Å².